The lowest BCUT2D eigenvalue weighted by atomic mass is 10.1. The number of aromatic amines is 1. The Kier molecular flexibility index (Phi) is 6.03. The zero-order valence-corrected chi connectivity index (χ0v) is 18.3. The van der Waals surface area contributed by atoms with Crippen molar-refractivity contribution in [1.82, 2.24) is 9.97 Å². The number of benzene rings is 3. The summed E-state index contributed by atoms with van der Waals surface area (Å²) in [4.78, 5) is 33.7. The van der Waals surface area contributed by atoms with Crippen LogP contribution in [0, 0.1) is 13.8 Å². The predicted molar refractivity (Wildman–Crippen MR) is 126 cm³/mol. The van der Waals surface area contributed by atoms with Gasteiger partial charge in [0.2, 0.25) is 0 Å². The van der Waals surface area contributed by atoms with Gasteiger partial charge in [0.25, 0.3) is 5.91 Å². The first-order valence-electron chi connectivity index (χ1n) is 10.6. The minimum atomic E-state index is -0.911. The summed E-state index contributed by atoms with van der Waals surface area (Å²) in [5.41, 5.74) is 5.44. The number of carbonyl (C=O) groups is 2. The van der Waals surface area contributed by atoms with Crippen molar-refractivity contribution >= 4 is 28.6 Å². The van der Waals surface area contributed by atoms with E-state index in [2.05, 4.69) is 15.3 Å². The van der Waals surface area contributed by atoms with Crippen molar-refractivity contribution in [2.75, 3.05) is 5.32 Å². The lowest BCUT2D eigenvalue weighted by Gasteiger charge is -2.18. The summed E-state index contributed by atoms with van der Waals surface area (Å²) < 4.78 is 5.63. The molecule has 162 valence electrons. The lowest BCUT2D eigenvalue weighted by Crippen LogP contribution is -2.32. The molecule has 3 aromatic carbocycles. The van der Waals surface area contributed by atoms with Crippen molar-refractivity contribution < 1.29 is 14.3 Å². The molecule has 0 saturated carbocycles. The van der Waals surface area contributed by atoms with E-state index in [1.807, 2.05) is 75.4 Å². The number of nitrogens with zero attached hydrogens (tertiary/aromatic N) is 1. The van der Waals surface area contributed by atoms with E-state index in [0.717, 1.165) is 22.2 Å². The van der Waals surface area contributed by atoms with Crippen LogP contribution in [0.5, 0.6) is 0 Å². The Hall–Kier alpha value is -3.93. The number of fused-ring (bicyclic) bond motifs is 1. The van der Waals surface area contributed by atoms with Crippen LogP contribution < -0.4 is 5.32 Å². The third-order valence-corrected chi connectivity index (χ3v) is 5.57. The molecule has 0 fully saturated rings. The van der Waals surface area contributed by atoms with E-state index in [9.17, 15) is 9.59 Å². The van der Waals surface area contributed by atoms with Crippen LogP contribution in [0.25, 0.3) is 22.4 Å². The second kappa shape index (κ2) is 9.06. The zero-order chi connectivity index (χ0) is 22.7. The molecule has 1 aromatic heterocycles. The monoisotopic (exact) mass is 427 g/mol. The van der Waals surface area contributed by atoms with Gasteiger partial charge in [0, 0.05) is 11.3 Å². The lowest BCUT2D eigenvalue weighted by molar-refractivity contribution is -0.124. The minimum absolute atomic E-state index is 0.351. The molecule has 0 aliphatic rings. The molecule has 0 aliphatic carbocycles. The number of ether oxygens (including phenoxy) is 1. The van der Waals surface area contributed by atoms with Crippen LogP contribution in [0.1, 0.15) is 34.8 Å². The summed E-state index contributed by atoms with van der Waals surface area (Å²) in [5, 5.41) is 2.89. The second-order valence-electron chi connectivity index (χ2n) is 7.69. The molecule has 4 aromatic rings. The number of amides is 1. The number of hydrogen-bond acceptors (Lipinski definition) is 4. The molecule has 1 atom stereocenters. The molecule has 4 rings (SSSR count). The smallest absolute Gasteiger partial charge is 0.339 e. The number of rotatable bonds is 6. The third-order valence-electron chi connectivity index (χ3n) is 5.57. The summed E-state index contributed by atoms with van der Waals surface area (Å²) >= 11 is 0. The molecule has 0 aliphatic heterocycles. The van der Waals surface area contributed by atoms with Gasteiger partial charge in [-0.2, -0.15) is 0 Å². The molecule has 1 amide bonds. The number of carbonyl (C=O) groups excluding carboxylic acids is 2. The molecule has 1 heterocycles. The normalized spacial score (nSPS) is 11.8. The van der Waals surface area contributed by atoms with E-state index >= 15 is 0 Å². The Morgan fingerprint density at radius 2 is 1.75 bits per heavy atom. The van der Waals surface area contributed by atoms with E-state index in [1.165, 1.54) is 0 Å². The highest BCUT2D eigenvalue weighted by Gasteiger charge is 2.25. The average Bonchev–Trinajstić information content (AvgIpc) is 3.24. The van der Waals surface area contributed by atoms with Gasteiger partial charge >= 0.3 is 5.97 Å². The van der Waals surface area contributed by atoms with Crippen molar-refractivity contribution in [3.8, 4) is 11.4 Å². The van der Waals surface area contributed by atoms with Crippen LogP contribution in [-0.2, 0) is 9.53 Å². The van der Waals surface area contributed by atoms with E-state index < -0.39 is 12.1 Å². The van der Waals surface area contributed by atoms with Gasteiger partial charge in [-0.15, -0.1) is 0 Å². The summed E-state index contributed by atoms with van der Waals surface area (Å²) in [6.07, 6.45) is -0.555. The number of hydrogen-bond donors (Lipinski definition) is 2. The number of H-pyrrole nitrogens is 1. The average molecular weight is 428 g/mol. The number of para-hydroxylation sites is 2. The Balaban J connectivity index is 1.56. The van der Waals surface area contributed by atoms with E-state index in [1.54, 1.807) is 12.1 Å². The summed E-state index contributed by atoms with van der Waals surface area (Å²) in [5.74, 6) is -0.341. The quantitative estimate of drug-likeness (QED) is 0.402. The van der Waals surface area contributed by atoms with Gasteiger partial charge < -0.3 is 15.0 Å². The van der Waals surface area contributed by atoms with Crippen molar-refractivity contribution in [2.24, 2.45) is 0 Å². The first-order valence-corrected chi connectivity index (χ1v) is 10.6. The topological polar surface area (TPSA) is 84.1 Å². The van der Waals surface area contributed by atoms with E-state index in [0.29, 0.717) is 29.1 Å². The van der Waals surface area contributed by atoms with E-state index in [-0.39, 0.29) is 5.91 Å². The summed E-state index contributed by atoms with van der Waals surface area (Å²) in [6, 6.07) is 20.5. The highest BCUT2D eigenvalue weighted by molar-refractivity contribution is 6.01. The fraction of sp³-hybridized carbons (Fsp3) is 0.192. The first-order chi connectivity index (χ1) is 15.5. The fourth-order valence-electron chi connectivity index (χ4n) is 3.56. The van der Waals surface area contributed by atoms with E-state index in [4.69, 9.17) is 4.74 Å². The van der Waals surface area contributed by atoms with Gasteiger partial charge in [0.15, 0.2) is 6.10 Å². The number of aryl methyl sites for hydroxylation is 1. The number of aromatic nitrogens is 2. The molecular weight excluding hydrogens is 402 g/mol. The molecule has 0 radical (unpaired) electrons. The number of nitrogens with one attached hydrogen (secondary N) is 2. The zero-order valence-electron chi connectivity index (χ0n) is 18.3. The van der Waals surface area contributed by atoms with Crippen molar-refractivity contribution in [3.05, 3.63) is 83.4 Å². The van der Waals surface area contributed by atoms with Crippen LogP contribution in [0.3, 0.4) is 0 Å². The molecule has 2 N–H and O–H groups in total. The minimum Gasteiger partial charge on any atom is -0.449 e. The maximum atomic E-state index is 13.1. The molecule has 32 heavy (non-hydrogen) atoms. The Labute approximate surface area is 186 Å². The van der Waals surface area contributed by atoms with Crippen LogP contribution in [0.2, 0.25) is 0 Å². The molecule has 1 unspecified atom stereocenters. The van der Waals surface area contributed by atoms with Gasteiger partial charge in [-0.1, -0.05) is 49.4 Å². The molecule has 0 saturated heterocycles. The highest BCUT2D eigenvalue weighted by Crippen LogP contribution is 2.25. The number of anilines is 1. The van der Waals surface area contributed by atoms with Crippen LogP contribution >= 0.6 is 0 Å². The first kappa shape index (κ1) is 21.3. The standard InChI is InChI=1S/C26H25N3O3/c1-4-23(25(30)29-20-15-9-10-16(2)17(20)3)32-26(31)19-12-6-5-11-18(19)24-27-21-13-7-8-14-22(21)28-24/h5-15,23H,4H2,1-3H3,(H,27,28)(H,29,30). The van der Waals surface area contributed by atoms with Crippen molar-refractivity contribution in [1.29, 1.82) is 0 Å². The number of esters is 1. The molecular formula is C26H25N3O3. The van der Waals surface area contributed by atoms with Gasteiger partial charge in [-0.05, 0) is 55.7 Å². The fourth-order valence-corrected chi connectivity index (χ4v) is 3.56. The highest BCUT2D eigenvalue weighted by atomic mass is 16.5. The largest absolute Gasteiger partial charge is 0.449 e. The maximum Gasteiger partial charge on any atom is 0.339 e. The molecule has 0 spiro atoms. The predicted octanol–water partition coefficient (Wildman–Crippen LogP) is 5.42. The summed E-state index contributed by atoms with van der Waals surface area (Å²) in [7, 11) is 0. The molecule has 6 heteroatoms. The van der Waals surface area contributed by atoms with Gasteiger partial charge in [-0.3, -0.25) is 4.79 Å². The maximum absolute atomic E-state index is 13.1. The number of imidazole rings is 1. The Morgan fingerprint density at radius 1 is 1.00 bits per heavy atom. The summed E-state index contributed by atoms with van der Waals surface area (Å²) in [6.45, 7) is 5.74. The Bertz CT molecular complexity index is 1260. The van der Waals surface area contributed by atoms with Crippen LogP contribution in [0.4, 0.5) is 5.69 Å². The van der Waals surface area contributed by atoms with Gasteiger partial charge in [0.05, 0.1) is 16.6 Å². The Morgan fingerprint density at radius 3 is 2.53 bits per heavy atom. The third kappa shape index (κ3) is 4.25. The van der Waals surface area contributed by atoms with Gasteiger partial charge in [-0.25, -0.2) is 9.78 Å². The van der Waals surface area contributed by atoms with Gasteiger partial charge in [0.1, 0.15) is 5.82 Å². The van der Waals surface area contributed by atoms with Crippen LogP contribution in [0.15, 0.2) is 66.7 Å². The second-order valence-corrected chi connectivity index (χ2v) is 7.69. The van der Waals surface area contributed by atoms with Crippen LogP contribution in [-0.4, -0.2) is 27.9 Å². The van der Waals surface area contributed by atoms with Crippen molar-refractivity contribution in [3.63, 3.8) is 0 Å². The molecule has 6 nitrogen and oxygen atoms in total. The molecule has 0 bridgehead atoms. The van der Waals surface area contributed by atoms with Crippen molar-refractivity contribution in [2.45, 2.75) is 33.3 Å². The SMILES string of the molecule is CCC(OC(=O)c1ccccc1-c1nc2ccccc2[nH]1)C(=O)Nc1cccc(C)c1C.